The van der Waals surface area contributed by atoms with Crippen molar-refractivity contribution in [3.8, 4) is 0 Å². The maximum Gasteiger partial charge on any atom is 0.246 e. The van der Waals surface area contributed by atoms with Gasteiger partial charge in [0.1, 0.15) is 42.3 Å². The van der Waals surface area contributed by atoms with Crippen LogP contribution < -0.4 is 65.9 Å². The van der Waals surface area contributed by atoms with Crippen molar-refractivity contribution < 1.29 is 43.2 Å². The summed E-state index contributed by atoms with van der Waals surface area (Å²) >= 11 is 6.39. The Balaban J connectivity index is 1.40. The van der Waals surface area contributed by atoms with E-state index in [4.69, 9.17) is 40.3 Å². The molecular formula is C56H75ClN16O9. The molecule has 8 atom stereocenters. The van der Waals surface area contributed by atoms with Crippen LogP contribution in [0.2, 0.25) is 5.02 Å². The summed E-state index contributed by atoms with van der Waals surface area (Å²) in [5, 5.41) is 20.5. The number of nitrogens with zero attached hydrogens (tertiary/aromatic N) is 3. The molecule has 0 spiro atoms. The molecule has 6 rings (SSSR count). The van der Waals surface area contributed by atoms with Crippen LogP contribution in [0.4, 0.5) is 0 Å². The number of aliphatic imine (C=N–C) groups is 2. The van der Waals surface area contributed by atoms with Gasteiger partial charge in [-0.15, -0.1) is 0 Å². The maximum atomic E-state index is 15.2. The zero-order chi connectivity index (χ0) is 59.3. The van der Waals surface area contributed by atoms with Gasteiger partial charge >= 0.3 is 0 Å². The molecule has 1 aromatic heterocycles. The van der Waals surface area contributed by atoms with E-state index < -0.39 is 102 Å². The van der Waals surface area contributed by atoms with E-state index in [0.717, 1.165) is 16.5 Å². The fourth-order valence-electron chi connectivity index (χ4n) is 10.1. The molecule has 26 heteroatoms. The number of aromatic amines is 1. The van der Waals surface area contributed by atoms with Gasteiger partial charge in [-0.25, -0.2) is 0 Å². The lowest BCUT2D eigenvalue weighted by Gasteiger charge is -2.31. The molecule has 9 amide bonds. The van der Waals surface area contributed by atoms with Crippen molar-refractivity contribution >= 4 is 87.6 Å². The average molecular weight is 1150 g/mol. The van der Waals surface area contributed by atoms with Crippen LogP contribution in [0, 0.1) is 5.92 Å². The van der Waals surface area contributed by atoms with Gasteiger partial charge in [-0.3, -0.25) is 53.1 Å². The number of para-hydroxylation sites is 1. The quantitative estimate of drug-likeness (QED) is 0.0333. The van der Waals surface area contributed by atoms with Crippen molar-refractivity contribution in [3.05, 3.63) is 107 Å². The first-order chi connectivity index (χ1) is 39.2. The molecule has 25 nitrogen and oxygen atoms in total. The van der Waals surface area contributed by atoms with Crippen LogP contribution in [0.5, 0.6) is 0 Å². The van der Waals surface area contributed by atoms with Crippen LogP contribution in [0.1, 0.15) is 81.4 Å². The molecule has 0 bridgehead atoms. The number of hydrogen-bond donors (Lipinski definition) is 13. The second-order valence-corrected chi connectivity index (χ2v) is 21.0. The highest BCUT2D eigenvalue weighted by Crippen LogP contribution is 2.29. The molecule has 2 aliphatic heterocycles. The Morgan fingerprint density at radius 1 is 0.732 bits per heavy atom. The number of fused-ring (bicyclic) bond motifs is 2. The number of primary amides is 1. The molecule has 2 saturated heterocycles. The molecule has 82 heavy (non-hydrogen) atoms. The van der Waals surface area contributed by atoms with E-state index in [1.165, 1.54) is 11.8 Å². The smallest absolute Gasteiger partial charge is 0.246 e. The third-order valence-electron chi connectivity index (χ3n) is 14.2. The van der Waals surface area contributed by atoms with Gasteiger partial charge in [-0.1, -0.05) is 72.3 Å². The van der Waals surface area contributed by atoms with Crippen molar-refractivity contribution in [1.82, 2.24) is 47.1 Å². The van der Waals surface area contributed by atoms with Gasteiger partial charge < -0.3 is 75.8 Å². The summed E-state index contributed by atoms with van der Waals surface area (Å²) in [5.41, 5.74) is 30.9. The first-order valence-corrected chi connectivity index (χ1v) is 27.7. The van der Waals surface area contributed by atoms with Crippen molar-refractivity contribution in [2.45, 2.75) is 126 Å². The third kappa shape index (κ3) is 19.2. The number of amides is 9. The lowest BCUT2D eigenvalue weighted by molar-refractivity contribution is -0.143. The van der Waals surface area contributed by atoms with E-state index in [1.54, 1.807) is 54.7 Å². The van der Waals surface area contributed by atoms with Crippen LogP contribution in [0.15, 0.2) is 95.0 Å². The lowest BCUT2D eigenvalue weighted by atomic mass is 9.96. The summed E-state index contributed by atoms with van der Waals surface area (Å²) < 4.78 is 0. The van der Waals surface area contributed by atoms with E-state index >= 15 is 9.59 Å². The van der Waals surface area contributed by atoms with Gasteiger partial charge in [0.2, 0.25) is 53.2 Å². The van der Waals surface area contributed by atoms with Gasteiger partial charge in [0.05, 0.1) is 6.42 Å². The highest BCUT2D eigenvalue weighted by Gasteiger charge is 2.44. The van der Waals surface area contributed by atoms with E-state index in [-0.39, 0.29) is 108 Å². The summed E-state index contributed by atoms with van der Waals surface area (Å²) in [7, 11) is 0. The third-order valence-corrected chi connectivity index (χ3v) is 14.4. The normalized spacial score (nSPS) is 22.0. The number of carbonyl (C=O) groups is 9. The zero-order valence-corrected chi connectivity index (χ0v) is 46.6. The fraction of sp³-hybridized carbons (Fsp3) is 0.446. The number of nitrogens with two attached hydrogens (primary N) is 5. The van der Waals surface area contributed by atoms with Gasteiger partial charge in [-0.05, 0) is 98.6 Å². The van der Waals surface area contributed by atoms with E-state index in [1.807, 2.05) is 30.3 Å². The highest BCUT2D eigenvalue weighted by atomic mass is 35.5. The van der Waals surface area contributed by atoms with Gasteiger partial charge in [0, 0.05) is 68.1 Å². The van der Waals surface area contributed by atoms with Crippen LogP contribution in [0.25, 0.3) is 10.9 Å². The Morgan fingerprint density at radius 3 is 2.09 bits per heavy atom. The second-order valence-electron chi connectivity index (χ2n) is 20.6. The summed E-state index contributed by atoms with van der Waals surface area (Å²) in [5.74, 6) is -7.56. The number of carbonyl (C=O) groups excluding carboxylic acids is 9. The van der Waals surface area contributed by atoms with Crippen molar-refractivity contribution in [2.24, 2.45) is 44.6 Å². The Hall–Kier alpha value is -8.74. The fourth-order valence-corrected chi connectivity index (χ4v) is 10.4. The number of rotatable bonds is 18. The van der Waals surface area contributed by atoms with Crippen molar-refractivity contribution in [3.63, 3.8) is 0 Å². The van der Waals surface area contributed by atoms with Crippen LogP contribution in [-0.4, -0.2) is 143 Å². The number of guanidine groups is 2. The monoisotopic (exact) mass is 1150 g/mol. The summed E-state index contributed by atoms with van der Waals surface area (Å²) in [6, 6.07) is 13.8. The molecule has 2 fully saturated rings. The molecule has 0 saturated carbocycles. The topological polar surface area (TPSA) is 412 Å². The first kappa shape index (κ1) is 62.5. The molecule has 3 heterocycles. The van der Waals surface area contributed by atoms with E-state index in [9.17, 15) is 33.6 Å². The maximum absolute atomic E-state index is 15.2. The summed E-state index contributed by atoms with van der Waals surface area (Å²) in [6.45, 7) is 1.38. The van der Waals surface area contributed by atoms with Crippen LogP contribution in [0.3, 0.4) is 0 Å². The Labute approximate surface area is 479 Å². The number of hydrogen-bond acceptors (Lipinski definition) is 11. The minimum Gasteiger partial charge on any atom is -0.370 e. The Kier molecular flexibility index (Phi) is 23.4. The van der Waals surface area contributed by atoms with Crippen LogP contribution in [-0.2, 0) is 62.4 Å². The number of H-pyrrole nitrogens is 1. The largest absolute Gasteiger partial charge is 0.370 e. The minimum atomic E-state index is -1.60. The molecule has 0 aliphatic carbocycles. The minimum absolute atomic E-state index is 0.0234. The van der Waals surface area contributed by atoms with Gasteiger partial charge in [0.25, 0.3) is 0 Å². The molecule has 4 aromatic rings. The predicted molar refractivity (Wildman–Crippen MR) is 309 cm³/mol. The predicted octanol–water partition coefficient (Wildman–Crippen LogP) is -0.722. The summed E-state index contributed by atoms with van der Waals surface area (Å²) in [6.07, 6.45) is 2.27. The molecule has 8 unspecified atom stereocenters. The molecule has 18 N–H and O–H groups in total. The molecule has 2 aliphatic rings. The van der Waals surface area contributed by atoms with Gasteiger partial charge in [0.15, 0.2) is 11.9 Å². The number of benzene rings is 3. The Bertz CT molecular complexity index is 2970. The van der Waals surface area contributed by atoms with E-state index in [2.05, 4.69) is 52.2 Å². The van der Waals surface area contributed by atoms with Crippen molar-refractivity contribution in [1.29, 1.82) is 0 Å². The van der Waals surface area contributed by atoms with E-state index in [0.29, 0.717) is 22.6 Å². The summed E-state index contributed by atoms with van der Waals surface area (Å²) in [4.78, 5) is 140. The highest BCUT2D eigenvalue weighted by molar-refractivity contribution is 6.30. The second kappa shape index (κ2) is 30.7. The van der Waals surface area contributed by atoms with Crippen LogP contribution >= 0.6 is 11.6 Å². The molecule has 0 radical (unpaired) electrons. The molecular weight excluding hydrogens is 1080 g/mol. The molecule has 3 aromatic carbocycles. The lowest BCUT2D eigenvalue weighted by Crippen LogP contribution is -2.60. The SMILES string of the molecule is CC(=O)NC(CCCN=C(N)N)C(=O)NC1CC(=O)NCCCCC(C(N)=O)NC(=O)C(Cc2c[nH]c3ccccc23)NC(=O)C(CCCN=C(N)N)NC(=O)C(Cc2ccccc2)NC(=O)C2CC(Cc3cccc(Cl)c3)CN2C1=O. The molecule has 440 valence electrons. The number of aromatic nitrogens is 1. The standard InChI is InChI=1S/C56H75ClN16O9/c1-32(74)67-41(19-10-22-64-55(59)60)49(77)72-45-29-47(75)63-21-8-7-18-40(48(58)76)68-52(80)44(28-36-30-66-39-17-6-5-16-38(36)39)70-50(78)42(20-11-23-65-56(61)62)69-51(79)43(26-33-12-3-2-4-13-33)71-53(81)46-27-35(31-73(46)54(45)82)24-34-14-9-15-37(57)25-34/h2-6,9,12-17,25,30,35,40-46,66H,7-8,10-11,18-24,26-29,31H2,1H3,(H2,58,76)(H,63,75)(H,67,74)(H,68,80)(H,69,79)(H,70,78)(H,71,81)(H,72,77)(H4,59,60,64)(H4,61,62,65). The Morgan fingerprint density at radius 2 is 1.38 bits per heavy atom. The number of nitrogens with one attached hydrogen (secondary N) is 8. The first-order valence-electron chi connectivity index (χ1n) is 27.3. The average Bonchev–Trinajstić information content (AvgIpc) is 4.12. The van der Waals surface area contributed by atoms with Gasteiger partial charge in [-0.2, -0.15) is 0 Å². The zero-order valence-electron chi connectivity index (χ0n) is 45.8. The van der Waals surface area contributed by atoms with Crippen molar-refractivity contribution in [2.75, 3.05) is 26.2 Å². The number of halogens is 1.